The van der Waals surface area contributed by atoms with Gasteiger partial charge in [-0.05, 0) is 37.5 Å². The van der Waals surface area contributed by atoms with Gasteiger partial charge in [0.1, 0.15) is 5.75 Å². The number of carboxylic acid groups (broad SMARTS) is 1. The average Bonchev–Trinajstić information content (AvgIpc) is 2.40. The van der Waals surface area contributed by atoms with Gasteiger partial charge in [-0.2, -0.15) is 13.2 Å². The number of carbonyl (C=O) groups is 2. The standard InChI is InChI=1S/C14H16F3NO4/c1-2-22-11-8-9(4-3-5-12(19)20)6-7-10(11)18-13(21)14(15,16)17/h6-8H,2-5H2,1H3,(H,18,21)(H,19,20). The van der Waals surface area contributed by atoms with E-state index in [9.17, 15) is 22.8 Å². The number of carbonyl (C=O) groups excluding carboxylic acids is 1. The van der Waals surface area contributed by atoms with Gasteiger partial charge < -0.3 is 15.2 Å². The first-order valence-electron chi connectivity index (χ1n) is 6.59. The largest absolute Gasteiger partial charge is 0.492 e. The highest BCUT2D eigenvalue weighted by atomic mass is 19.4. The lowest BCUT2D eigenvalue weighted by atomic mass is 10.1. The minimum absolute atomic E-state index is 0.00344. The molecule has 0 aliphatic carbocycles. The quantitative estimate of drug-likeness (QED) is 0.810. The maximum absolute atomic E-state index is 12.3. The van der Waals surface area contributed by atoms with Gasteiger partial charge in [0.25, 0.3) is 0 Å². The molecule has 0 atom stereocenters. The summed E-state index contributed by atoms with van der Waals surface area (Å²) in [5, 5.41) is 10.3. The lowest BCUT2D eigenvalue weighted by Gasteiger charge is -2.14. The van der Waals surface area contributed by atoms with Gasteiger partial charge in [0.15, 0.2) is 0 Å². The van der Waals surface area contributed by atoms with E-state index in [0.717, 1.165) is 5.56 Å². The summed E-state index contributed by atoms with van der Waals surface area (Å²) in [5.74, 6) is -2.88. The number of carboxylic acids is 1. The van der Waals surface area contributed by atoms with Crippen molar-refractivity contribution in [1.82, 2.24) is 0 Å². The number of anilines is 1. The van der Waals surface area contributed by atoms with E-state index in [-0.39, 0.29) is 24.5 Å². The molecule has 1 amide bonds. The molecule has 0 fully saturated rings. The third-order valence-electron chi connectivity index (χ3n) is 2.71. The van der Waals surface area contributed by atoms with Crippen molar-refractivity contribution in [3.8, 4) is 5.75 Å². The molecular weight excluding hydrogens is 303 g/mol. The molecule has 0 unspecified atom stereocenters. The Morgan fingerprint density at radius 1 is 1.32 bits per heavy atom. The van der Waals surface area contributed by atoms with E-state index in [1.807, 2.05) is 0 Å². The van der Waals surface area contributed by atoms with Crippen LogP contribution in [0.25, 0.3) is 0 Å². The summed E-state index contributed by atoms with van der Waals surface area (Å²) >= 11 is 0. The summed E-state index contributed by atoms with van der Waals surface area (Å²) in [4.78, 5) is 21.4. The van der Waals surface area contributed by atoms with Crippen LogP contribution in [0.4, 0.5) is 18.9 Å². The maximum Gasteiger partial charge on any atom is 0.471 e. The van der Waals surface area contributed by atoms with Crippen molar-refractivity contribution in [3.05, 3.63) is 23.8 Å². The van der Waals surface area contributed by atoms with Crippen molar-refractivity contribution in [3.63, 3.8) is 0 Å². The Balaban J connectivity index is 2.85. The van der Waals surface area contributed by atoms with Crippen molar-refractivity contribution in [2.24, 2.45) is 0 Å². The van der Waals surface area contributed by atoms with E-state index in [1.165, 1.54) is 18.2 Å². The van der Waals surface area contributed by atoms with Gasteiger partial charge in [0.2, 0.25) is 0 Å². The predicted molar refractivity (Wildman–Crippen MR) is 72.9 cm³/mol. The van der Waals surface area contributed by atoms with Gasteiger partial charge in [-0.25, -0.2) is 0 Å². The molecule has 5 nitrogen and oxygen atoms in total. The minimum atomic E-state index is -4.98. The number of aryl methyl sites for hydroxylation is 1. The van der Waals surface area contributed by atoms with E-state index < -0.39 is 18.1 Å². The van der Waals surface area contributed by atoms with Crippen LogP contribution in [0.3, 0.4) is 0 Å². The number of benzene rings is 1. The maximum atomic E-state index is 12.3. The summed E-state index contributed by atoms with van der Waals surface area (Å²) in [6, 6.07) is 4.33. The van der Waals surface area contributed by atoms with Crippen molar-refractivity contribution >= 4 is 17.6 Å². The lowest BCUT2D eigenvalue weighted by Crippen LogP contribution is -2.30. The fourth-order valence-electron chi connectivity index (χ4n) is 1.74. The number of halogens is 3. The van der Waals surface area contributed by atoms with Crippen molar-refractivity contribution < 1.29 is 32.6 Å². The molecule has 0 heterocycles. The van der Waals surface area contributed by atoms with Gasteiger partial charge in [0.05, 0.1) is 12.3 Å². The van der Waals surface area contributed by atoms with Gasteiger partial charge in [-0.1, -0.05) is 6.07 Å². The fraction of sp³-hybridized carbons (Fsp3) is 0.429. The summed E-state index contributed by atoms with van der Waals surface area (Å²) < 4.78 is 42.0. The zero-order valence-corrected chi connectivity index (χ0v) is 11.9. The molecule has 0 radical (unpaired) electrons. The van der Waals surface area contributed by atoms with Gasteiger partial charge in [0, 0.05) is 6.42 Å². The highest BCUT2D eigenvalue weighted by molar-refractivity contribution is 5.96. The molecule has 2 N–H and O–H groups in total. The molecule has 8 heteroatoms. The van der Waals surface area contributed by atoms with Crippen LogP contribution < -0.4 is 10.1 Å². The normalized spacial score (nSPS) is 11.1. The Hall–Kier alpha value is -2.25. The van der Waals surface area contributed by atoms with Gasteiger partial charge >= 0.3 is 18.1 Å². The second-order valence-corrected chi connectivity index (χ2v) is 4.46. The summed E-state index contributed by atoms with van der Waals surface area (Å²) in [5.41, 5.74) is 0.640. The number of amides is 1. The van der Waals surface area contributed by atoms with E-state index in [4.69, 9.17) is 9.84 Å². The molecule has 0 saturated carbocycles. The summed E-state index contributed by atoms with van der Waals surface area (Å²) in [6.45, 7) is 1.87. The van der Waals surface area contributed by atoms with Crippen molar-refractivity contribution in [2.45, 2.75) is 32.4 Å². The first-order valence-corrected chi connectivity index (χ1v) is 6.59. The van der Waals surface area contributed by atoms with Crippen molar-refractivity contribution in [2.75, 3.05) is 11.9 Å². The Bertz CT molecular complexity index is 543. The number of nitrogens with one attached hydrogen (secondary N) is 1. The molecule has 0 spiro atoms. The molecule has 0 aliphatic heterocycles. The van der Waals surface area contributed by atoms with Crippen LogP contribution in [0, 0.1) is 0 Å². The topological polar surface area (TPSA) is 75.6 Å². The molecule has 0 saturated heterocycles. The highest BCUT2D eigenvalue weighted by Gasteiger charge is 2.39. The Labute approximate surface area is 125 Å². The van der Waals surface area contributed by atoms with Crippen LogP contribution >= 0.6 is 0 Å². The molecule has 122 valence electrons. The van der Waals surface area contributed by atoms with Crippen LogP contribution in [-0.2, 0) is 16.0 Å². The molecule has 0 aromatic heterocycles. The average molecular weight is 319 g/mol. The first kappa shape index (κ1) is 17.8. The van der Waals surface area contributed by atoms with Crippen LogP contribution in [0.5, 0.6) is 5.75 Å². The molecule has 1 aromatic rings. The van der Waals surface area contributed by atoms with Crippen LogP contribution in [0.15, 0.2) is 18.2 Å². The molecule has 0 bridgehead atoms. The molecular formula is C14H16F3NO4. The summed E-state index contributed by atoms with van der Waals surface area (Å²) in [7, 11) is 0. The van der Waals surface area contributed by atoms with Gasteiger partial charge in [-0.3, -0.25) is 9.59 Å². The number of aliphatic carboxylic acids is 1. The zero-order valence-electron chi connectivity index (χ0n) is 11.9. The fourth-order valence-corrected chi connectivity index (χ4v) is 1.74. The second kappa shape index (κ2) is 7.67. The smallest absolute Gasteiger partial charge is 0.471 e. The summed E-state index contributed by atoms with van der Waals surface area (Å²) in [6.07, 6.45) is -4.14. The number of rotatable bonds is 7. The Morgan fingerprint density at radius 3 is 2.55 bits per heavy atom. The Morgan fingerprint density at radius 2 is 2.00 bits per heavy atom. The SMILES string of the molecule is CCOc1cc(CCCC(=O)O)ccc1NC(=O)C(F)(F)F. The van der Waals surface area contributed by atoms with E-state index in [2.05, 4.69) is 0 Å². The third-order valence-corrected chi connectivity index (χ3v) is 2.71. The van der Waals surface area contributed by atoms with E-state index in [0.29, 0.717) is 12.8 Å². The number of hydrogen-bond acceptors (Lipinski definition) is 3. The number of alkyl halides is 3. The number of hydrogen-bond donors (Lipinski definition) is 2. The monoisotopic (exact) mass is 319 g/mol. The van der Waals surface area contributed by atoms with Crippen LogP contribution in [0.1, 0.15) is 25.3 Å². The molecule has 1 rings (SSSR count). The third kappa shape index (κ3) is 5.63. The minimum Gasteiger partial charge on any atom is -0.492 e. The highest BCUT2D eigenvalue weighted by Crippen LogP contribution is 2.28. The Kier molecular flexibility index (Phi) is 6.21. The van der Waals surface area contributed by atoms with E-state index in [1.54, 1.807) is 12.2 Å². The zero-order chi connectivity index (χ0) is 16.8. The lowest BCUT2D eigenvalue weighted by molar-refractivity contribution is -0.167. The van der Waals surface area contributed by atoms with Crippen LogP contribution in [-0.4, -0.2) is 29.8 Å². The predicted octanol–water partition coefficient (Wildman–Crippen LogP) is 2.99. The second-order valence-electron chi connectivity index (χ2n) is 4.46. The first-order chi connectivity index (χ1) is 10.2. The van der Waals surface area contributed by atoms with E-state index >= 15 is 0 Å². The molecule has 22 heavy (non-hydrogen) atoms. The number of ether oxygens (including phenoxy) is 1. The molecule has 0 aliphatic rings. The van der Waals surface area contributed by atoms with Crippen molar-refractivity contribution in [1.29, 1.82) is 0 Å². The van der Waals surface area contributed by atoms with Crippen LogP contribution in [0.2, 0.25) is 0 Å². The van der Waals surface area contributed by atoms with Gasteiger partial charge in [-0.15, -0.1) is 0 Å². The molecule has 1 aromatic carbocycles.